The fourth-order valence-corrected chi connectivity index (χ4v) is 1.83. The van der Waals surface area contributed by atoms with Gasteiger partial charge in [0.25, 0.3) is 0 Å². The van der Waals surface area contributed by atoms with Crippen molar-refractivity contribution in [3.8, 4) is 0 Å². The minimum absolute atomic E-state index is 0.204. The van der Waals surface area contributed by atoms with Crippen LogP contribution in [0, 0.1) is 5.92 Å². The van der Waals surface area contributed by atoms with Crippen LogP contribution in [0.4, 0.5) is 11.6 Å². The maximum absolute atomic E-state index is 5.62. The lowest BCUT2D eigenvalue weighted by Gasteiger charge is -2.24. The van der Waals surface area contributed by atoms with Gasteiger partial charge in [-0.3, -0.25) is 0 Å². The molecule has 0 spiro atoms. The highest BCUT2D eigenvalue weighted by molar-refractivity contribution is 5.46. The summed E-state index contributed by atoms with van der Waals surface area (Å²) in [5, 5.41) is 9.88. The first kappa shape index (κ1) is 14.0. The number of morpholine rings is 1. The summed E-state index contributed by atoms with van der Waals surface area (Å²) in [5.41, 5.74) is 0. The Hall–Kier alpha value is -1.40. The molecule has 1 aliphatic rings. The van der Waals surface area contributed by atoms with Gasteiger partial charge in [0.2, 0.25) is 0 Å². The van der Waals surface area contributed by atoms with Crippen molar-refractivity contribution >= 4 is 11.6 Å². The molecule has 6 nitrogen and oxygen atoms in total. The van der Waals surface area contributed by atoms with Crippen LogP contribution < -0.4 is 16.0 Å². The van der Waals surface area contributed by atoms with Gasteiger partial charge in [0, 0.05) is 32.2 Å². The summed E-state index contributed by atoms with van der Waals surface area (Å²) in [6, 6.07) is 1.93. The summed E-state index contributed by atoms with van der Waals surface area (Å²) in [5.74, 6) is 2.28. The van der Waals surface area contributed by atoms with Crippen LogP contribution in [-0.2, 0) is 4.74 Å². The smallest absolute Gasteiger partial charge is 0.131 e. The second kappa shape index (κ2) is 7.25. The Morgan fingerprint density at radius 3 is 2.84 bits per heavy atom. The van der Waals surface area contributed by atoms with Gasteiger partial charge in [-0.2, -0.15) is 0 Å². The molecule has 0 aliphatic carbocycles. The van der Waals surface area contributed by atoms with Crippen LogP contribution in [0.25, 0.3) is 0 Å². The third-order valence-corrected chi connectivity index (χ3v) is 2.87. The van der Waals surface area contributed by atoms with Gasteiger partial charge < -0.3 is 20.7 Å². The van der Waals surface area contributed by atoms with Crippen molar-refractivity contribution in [2.45, 2.75) is 20.0 Å². The van der Waals surface area contributed by atoms with Gasteiger partial charge in [-0.15, -0.1) is 0 Å². The fourth-order valence-electron chi connectivity index (χ4n) is 1.83. The van der Waals surface area contributed by atoms with E-state index in [2.05, 4.69) is 39.8 Å². The molecule has 0 aromatic carbocycles. The second-order valence-corrected chi connectivity index (χ2v) is 5.14. The molecule has 3 N–H and O–H groups in total. The Kier molecular flexibility index (Phi) is 5.35. The molecule has 0 bridgehead atoms. The molecule has 1 unspecified atom stereocenters. The van der Waals surface area contributed by atoms with Gasteiger partial charge in [0.05, 0.1) is 12.7 Å². The molecule has 1 aliphatic heterocycles. The highest BCUT2D eigenvalue weighted by Gasteiger charge is 2.12. The van der Waals surface area contributed by atoms with E-state index in [4.69, 9.17) is 4.74 Å². The third kappa shape index (κ3) is 5.00. The van der Waals surface area contributed by atoms with Crippen molar-refractivity contribution < 1.29 is 4.74 Å². The number of hydrogen-bond donors (Lipinski definition) is 3. The number of nitrogens with one attached hydrogen (secondary N) is 3. The quantitative estimate of drug-likeness (QED) is 0.711. The minimum atomic E-state index is 0.204. The van der Waals surface area contributed by atoms with E-state index >= 15 is 0 Å². The number of rotatable bonds is 6. The number of aromatic nitrogens is 2. The lowest BCUT2D eigenvalue weighted by molar-refractivity contribution is 0.0372. The number of ether oxygens (including phenoxy) is 1. The van der Waals surface area contributed by atoms with Crippen molar-refractivity contribution in [1.29, 1.82) is 0 Å². The predicted molar refractivity (Wildman–Crippen MR) is 76.5 cm³/mol. The van der Waals surface area contributed by atoms with Crippen molar-refractivity contribution in [1.82, 2.24) is 15.3 Å². The highest BCUT2D eigenvalue weighted by Crippen LogP contribution is 2.09. The summed E-state index contributed by atoms with van der Waals surface area (Å²) in [6.45, 7) is 8.60. The van der Waals surface area contributed by atoms with Gasteiger partial charge in [0.1, 0.15) is 18.0 Å². The van der Waals surface area contributed by atoms with E-state index in [1.165, 1.54) is 0 Å². The van der Waals surface area contributed by atoms with Gasteiger partial charge >= 0.3 is 0 Å². The normalized spacial score (nSPS) is 19.4. The van der Waals surface area contributed by atoms with Crippen LogP contribution in [0.2, 0.25) is 0 Å². The maximum atomic E-state index is 5.62. The van der Waals surface area contributed by atoms with E-state index in [0.717, 1.165) is 44.4 Å². The molecule has 6 heteroatoms. The zero-order valence-electron chi connectivity index (χ0n) is 11.6. The molecule has 1 fully saturated rings. The Morgan fingerprint density at radius 2 is 2.16 bits per heavy atom. The highest BCUT2D eigenvalue weighted by atomic mass is 16.5. The summed E-state index contributed by atoms with van der Waals surface area (Å²) >= 11 is 0. The molecule has 0 radical (unpaired) electrons. The fraction of sp³-hybridized carbons (Fsp3) is 0.692. The maximum Gasteiger partial charge on any atom is 0.131 e. The van der Waals surface area contributed by atoms with Crippen molar-refractivity contribution in [2.75, 3.05) is 43.4 Å². The average Bonchev–Trinajstić information content (AvgIpc) is 2.44. The number of anilines is 2. The largest absolute Gasteiger partial charge is 0.374 e. The first-order valence-electron chi connectivity index (χ1n) is 6.86. The minimum Gasteiger partial charge on any atom is -0.374 e. The van der Waals surface area contributed by atoms with Gasteiger partial charge in [-0.1, -0.05) is 13.8 Å². The van der Waals surface area contributed by atoms with Crippen LogP contribution in [0.15, 0.2) is 12.4 Å². The van der Waals surface area contributed by atoms with Crippen molar-refractivity contribution in [3.63, 3.8) is 0 Å². The summed E-state index contributed by atoms with van der Waals surface area (Å²) < 4.78 is 5.62. The van der Waals surface area contributed by atoms with Gasteiger partial charge in [0.15, 0.2) is 0 Å². The van der Waals surface area contributed by atoms with E-state index in [-0.39, 0.29) is 6.10 Å². The average molecular weight is 265 g/mol. The molecule has 1 atom stereocenters. The van der Waals surface area contributed by atoms with E-state index in [9.17, 15) is 0 Å². The third-order valence-electron chi connectivity index (χ3n) is 2.87. The van der Waals surface area contributed by atoms with Crippen molar-refractivity contribution in [3.05, 3.63) is 12.4 Å². The SMILES string of the molecule is CC(C)CNc1cc(NCC2CNCCO2)ncn1. The number of nitrogens with zero attached hydrogens (tertiary/aromatic N) is 2. The molecule has 2 rings (SSSR count). The zero-order chi connectivity index (χ0) is 13.5. The zero-order valence-corrected chi connectivity index (χ0v) is 11.6. The summed E-state index contributed by atoms with van der Waals surface area (Å²) in [6.07, 6.45) is 1.78. The van der Waals surface area contributed by atoms with Crippen LogP contribution in [0.5, 0.6) is 0 Å². The van der Waals surface area contributed by atoms with Crippen LogP contribution in [0.1, 0.15) is 13.8 Å². The summed E-state index contributed by atoms with van der Waals surface area (Å²) in [4.78, 5) is 8.41. The molecule has 106 valence electrons. The molecule has 2 heterocycles. The van der Waals surface area contributed by atoms with Crippen LogP contribution in [-0.4, -0.2) is 48.9 Å². The second-order valence-electron chi connectivity index (χ2n) is 5.14. The van der Waals surface area contributed by atoms with Gasteiger partial charge in [-0.25, -0.2) is 9.97 Å². The molecule has 1 aromatic rings. The topological polar surface area (TPSA) is 71.1 Å². The van der Waals surface area contributed by atoms with E-state index in [0.29, 0.717) is 5.92 Å². The van der Waals surface area contributed by atoms with Gasteiger partial charge in [-0.05, 0) is 5.92 Å². The van der Waals surface area contributed by atoms with Crippen molar-refractivity contribution in [2.24, 2.45) is 5.92 Å². The van der Waals surface area contributed by atoms with E-state index in [1.807, 2.05) is 6.07 Å². The lowest BCUT2D eigenvalue weighted by Crippen LogP contribution is -2.42. The van der Waals surface area contributed by atoms with Crippen LogP contribution >= 0.6 is 0 Å². The molecule has 1 aromatic heterocycles. The molecule has 0 amide bonds. The van der Waals surface area contributed by atoms with Crippen LogP contribution in [0.3, 0.4) is 0 Å². The summed E-state index contributed by atoms with van der Waals surface area (Å²) in [7, 11) is 0. The first-order valence-corrected chi connectivity index (χ1v) is 6.86. The molecular formula is C13H23N5O. The first-order chi connectivity index (χ1) is 9.24. The molecule has 0 saturated carbocycles. The van der Waals surface area contributed by atoms with E-state index in [1.54, 1.807) is 6.33 Å². The standard InChI is InChI=1S/C13H23N5O/c1-10(2)6-15-12-5-13(18-9-17-12)16-8-11-7-14-3-4-19-11/h5,9-11,14H,3-4,6-8H2,1-2H3,(H2,15,16,17,18). The Bertz CT molecular complexity index is 379. The molecule has 19 heavy (non-hydrogen) atoms. The predicted octanol–water partition coefficient (Wildman–Crippen LogP) is 0.945. The molecular weight excluding hydrogens is 242 g/mol. The Balaban J connectivity index is 1.80. The number of hydrogen-bond acceptors (Lipinski definition) is 6. The lowest BCUT2D eigenvalue weighted by atomic mass is 10.2. The Labute approximate surface area is 114 Å². The Morgan fingerprint density at radius 1 is 1.37 bits per heavy atom. The van der Waals surface area contributed by atoms with E-state index < -0.39 is 0 Å². The molecule has 1 saturated heterocycles. The monoisotopic (exact) mass is 265 g/mol.